The number of nitrogens with one attached hydrogen (secondary N) is 1. The summed E-state index contributed by atoms with van der Waals surface area (Å²) in [5.74, 6) is 4.62. The second-order valence-electron chi connectivity index (χ2n) is 8.34. The standard InChI is InChI=1S/C22H26N2O3S/c1-26-19-7-6-12(10-20(19)27-2)22-24-18(11-28-22)21(25)23-17-9-13-8-16(17)15-5-3-4-14(13)15/h6-7,10-11,13-17H,3-5,8-9H2,1-2H3,(H,23,25)/t13-,14-,15+,16+,17-/m1/s1. The number of thiazole rings is 1. The predicted octanol–water partition coefficient (Wildman–Crippen LogP) is 4.38. The number of ether oxygens (including phenoxy) is 2. The fourth-order valence-electron chi connectivity index (χ4n) is 5.96. The van der Waals surface area contributed by atoms with E-state index < -0.39 is 0 Å². The first-order valence-electron chi connectivity index (χ1n) is 10.2. The molecule has 6 heteroatoms. The molecular weight excluding hydrogens is 372 g/mol. The van der Waals surface area contributed by atoms with E-state index in [0.717, 1.165) is 34.7 Å². The number of nitrogens with zero attached hydrogens (tertiary/aromatic N) is 1. The third-order valence-corrected chi connectivity index (χ3v) is 8.00. The highest BCUT2D eigenvalue weighted by atomic mass is 32.1. The van der Waals surface area contributed by atoms with Crippen LogP contribution in [0.3, 0.4) is 0 Å². The van der Waals surface area contributed by atoms with Gasteiger partial charge >= 0.3 is 0 Å². The fourth-order valence-corrected chi connectivity index (χ4v) is 6.75. The first-order chi connectivity index (χ1) is 13.7. The Morgan fingerprint density at radius 1 is 1.11 bits per heavy atom. The summed E-state index contributed by atoms with van der Waals surface area (Å²) in [4.78, 5) is 17.4. The highest BCUT2D eigenvalue weighted by molar-refractivity contribution is 7.13. The molecule has 0 spiro atoms. The van der Waals surface area contributed by atoms with Crippen LogP contribution in [0.5, 0.6) is 11.5 Å². The van der Waals surface area contributed by atoms with Crippen LogP contribution in [0.2, 0.25) is 0 Å². The Balaban J connectivity index is 1.29. The number of methoxy groups -OCH3 is 2. The van der Waals surface area contributed by atoms with Gasteiger partial charge in [0.2, 0.25) is 0 Å². The maximum Gasteiger partial charge on any atom is 0.271 e. The molecule has 0 saturated heterocycles. The summed E-state index contributed by atoms with van der Waals surface area (Å²) < 4.78 is 10.7. The summed E-state index contributed by atoms with van der Waals surface area (Å²) in [5.41, 5.74) is 1.44. The smallest absolute Gasteiger partial charge is 0.271 e. The Morgan fingerprint density at radius 2 is 1.93 bits per heavy atom. The Kier molecular flexibility index (Phi) is 4.54. The van der Waals surface area contributed by atoms with Crippen molar-refractivity contribution in [3.8, 4) is 22.1 Å². The average molecular weight is 399 g/mol. The minimum Gasteiger partial charge on any atom is -0.493 e. The predicted molar refractivity (Wildman–Crippen MR) is 109 cm³/mol. The molecule has 3 fully saturated rings. The summed E-state index contributed by atoms with van der Waals surface area (Å²) in [6, 6.07) is 6.04. The number of rotatable bonds is 5. The van der Waals surface area contributed by atoms with Crippen molar-refractivity contribution in [2.75, 3.05) is 14.2 Å². The number of benzene rings is 1. The third kappa shape index (κ3) is 2.89. The molecule has 1 N–H and O–H groups in total. The van der Waals surface area contributed by atoms with Crippen molar-refractivity contribution in [1.29, 1.82) is 0 Å². The van der Waals surface area contributed by atoms with E-state index in [9.17, 15) is 4.79 Å². The molecule has 5 nitrogen and oxygen atoms in total. The molecular formula is C22H26N2O3S. The van der Waals surface area contributed by atoms with Crippen LogP contribution >= 0.6 is 11.3 Å². The first-order valence-corrected chi connectivity index (χ1v) is 11.0. The van der Waals surface area contributed by atoms with Crippen molar-refractivity contribution in [3.63, 3.8) is 0 Å². The number of hydrogen-bond acceptors (Lipinski definition) is 5. The molecule has 1 heterocycles. The van der Waals surface area contributed by atoms with Crippen molar-refractivity contribution in [1.82, 2.24) is 10.3 Å². The van der Waals surface area contributed by atoms with Crippen molar-refractivity contribution in [2.45, 2.75) is 38.1 Å². The van der Waals surface area contributed by atoms with Crippen LogP contribution in [0.1, 0.15) is 42.6 Å². The Labute approximate surface area is 169 Å². The van der Waals surface area contributed by atoms with E-state index in [0.29, 0.717) is 29.2 Å². The van der Waals surface area contributed by atoms with Gasteiger partial charge in [-0.2, -0.15) is 0 Å². The van der Waals surface area contributed by atoms with Crippen LogP contribution < -0.4 is 14.8 Å². The van der Waals surface area contributed by atoms with Gasteiger partial charge in [0.05, 0.1) is 14.2 Å². The van der Waals surface area contributed by atoms with Crippen LogP contribution in [0, 0.1) is 23.7 Å². The number of carbonyl (C=O) groups is 1. The molecule has 3 aliphatic rings. The molecule has 1 aromatic carbocycles. The number of fused-ring (bicyclic) bond motifs is 5. The summed E-state index contributed by atoms with van der Waals surface area (Å²) in [7, 11) is 3.24. The van der Waals surface area contributed by atoms with Gasteiger partial charge in [-0.25, -0.2) is 4.98 Å². The van der Waals surface area contributed by atoms with E-state index in [-0.39, 0.29) is 5.91 Å². The summed E-state index contributed by atoms with van der Waals surface area (Å²) in [6.07, 6.45) is 6.62. The zero-order valence-corrected chi connectivity index (χ0v) is 17.1. The third-order valence-electron chi connectivity index (χ3n) is 7.11. The van der Waals surface area contributed by atoms with Crippen molar-refractivity contribution in [3.05, 3.63) is 29.3 Å². The van der Waals surface area contributed by atoms with Gasteiger partial charge in [0.1, 0.15) is 10.7 Å². The highest BCUT2D eigenvalue weighted by Gasteiger charge is 2.54. The quantitative estimate of drug-likeness (QED) is 0.812. The van der Waals surface area contributed by atoms with Gasteiger partial charge in [-0.1, -0.05) is 6.42 Å². The monoisotopic (exact) mass is 398 g/mol. The fraction of sp³-hybridized carbons (Fsp3) is 0.545. The zero-order chi connectivity index (χ0) is 19.3. The first kappa shape index (κ1) is 18.0. The minimum atomic E-state index is -0.0323. The van der Waals surface area contributed by atoms with E-state index in [4.69, 9.17) is 9.47 Å². The molecule has 3 aliphatic carbocycles. The van der Waals surface area contributed by atoms with E-state index >= 15 is 0 Å². The zero-order valence-electron chi connectivity index (χ0n) is 16.3. The van der Waals surface area contributed by atoms with E-state index in [1.54, 1.807) is 14.2 Å². The molecule has 0 unspecified atom stereocenters. The summed E-state index contributed by atoms with van der Waals surface area (Å²) >= 11 is 1.48. The average Bonchev–Trinajstić information content (AvgIpc) is 3.48. The van der Waals surface area contributed by atoms with Gasteiger partial charge in [-0.05, 0) is 67.6 Å². The second-order valence-corrected chi connectivity index (χ2v) is 9.20. The molecule has 0 radical (unpaired) electrons. The van der Waals surface area contributed by atoms with Gasteiger partial charge in [-0.15, -0.1) is 11.3 Å². The topological polar surface area (TPSA) is 60.5 Å². The molecule has 148 valence electrons. The Morgan fingerprint density at radius 3 is 2.75 bits per heavy atom. The van der Waals surface area contributed by atoms with E-state index in [1.807, 2.05) is 23.6 Å². The second kappa shape index (κ2) is 7.07. The summed E-state index contributed by atoms with van der Waals surface area (Å²) in [6.45, 7) is 0. The number of amides is 1. The van der Waals surface area contributed by atoms with Crippen LogP contribution in [-0.2, 0) is 0 Å². The van der Waals surface area contributed by atoms with Gasteiger partial charge < -0.3 is 14.8 Å². The molecule has 5 atom stereocenters. The molecule has 0 aliphatic heterocycles. The van der Waals surface area contributed by atoms with Crippen LogP contribution in [-0.4, -0.2) is 31.2 Å². The molecule has 1 amide bonds. The lowest BCUT2D eigenvalue weighted by atomic mass is 9.79. The normalized spacial score (nSPS) is 30.3. The lowest BCUT2D eigenvalue weighted by molar-refractivity contribution is 0.0897. The number of hydrogen-bond donors (Lipinski definition) is 1. The Bertz CT molecular complexity index is 896. The molecule has 2 bridgehead atoms. The molecule has 28 heavy (non-hydrogen) atoms. The van der Waals surface area contributed by atoms with Crippen LogP contribution in [0.4, 0.5) is 0 Å². The molecule has 1 aromatic heterocycles. The van der Waals surface area contributed by atoms with Crippen molar-refractivity contribution in [2.24, 2.45) is 23.7 Å². The number of aromatic nitrogens is 1. The minimum absolute atomic E-state index is 0.0323. The van der Waals surface area contributed by atoms with Gasteiger partial charge in [-0.3, -0.25) is 4.79 Å². The molecule has 3 saturated carbocycles. The van der Waals surface area contributed by atoms with Crippen molar-refractivity contribution >= 4 is 17.2 Å². The largest absolute Gasteiger partial charge is 0.493 e. The van der Waals surface area contributed by atoms with Crippen LogP contribution in [0.25, 0.3) is 10.6 Å². The molecule has 2 aromatic rings. The van der Waals surface area contributed by atoms with Gasteiger partial charge in [0.25, 0.3) is 5.91 Å². The van der Waals surface area contributed by atoms with Crippen molar-refractivity contribution < 1.29 is 14.3 Å². The lowest BCUT2D eigenvalue weighted by Crippen LogP contribution is -2.42. The maximum atomic E-state index is 12.8. The van der Waals surface area contributed by atoms with Crippen LogP contribution in [0.15, 0.2) is 23.6 Å². The van der Waals surface area contributed by atoms with Gasteiger partial charge in [0, 0.05) is 17.0 Å². The summed E-state index contributed by atoms with van der Waals surface area (Å²) in [5, 5.41) is 5.97. The van der Waals surface area contributed by atoms with E-state index in [1.165, 1.54) is 37.0 Å². The maximum absolute atomic E-state index is 12.8. The molecule has 5 rings (SSSR count). The SMILES string of the molecule is COc1ccc(-c2nc(C(=O)N[C@@H]3C[C@H]4C[C@H]3[C@H]3CCC[C@H]43)cs2)cc1OC. The highest BCUT2D eigenvalue weighted by Crippen LogP contribution is 2.58. The van der Waals surface area contributed by atoms with E-state index in [2.05, 4.69) is 10.3 Å². The Hall–Kier alpha value is -2.08. The lowest BCUT2D eigenvalue weighted by Gasteiger charge is -2.31. The number of carbonyl (C=O) groups excluding carboxylic acids is 1. The van der Waals surface area contributed by atoms with Gasteiger partial charge in [0.15, 0.2) is 11.5 Å².